The number of nitrogens with zero attached hydrogens (tertiary/aromatic N) is 2. The van der Waals surface area contributed by atoms with E-state index in [1.165, 1.54) is 38.5 Å². The molecule has 4 rings (SSSR count). The van der Waals surface area contributed by atoms with Gasteiger partial charge in [-0.3, -0.25) is 9.69 Å². The van der Waals surface area contributed by atoms with Crippen molar-refractivity contribution in [1.82, 2.24) is 9.62 Å². The predicted molar refractivity (Wildman–Crippen MR) is 124 cm³/mol. The first kappa shape index (κ1) is 22.8. The Morgan fingerprint density at radius 1 is 0.969 bits per heavy atom. The smallest absolute Gasteiger partial charge is 0.240 e. The van der Waals surface area contributed by atoms with Gasteiger partial charge in [-0.2, -0.15) is 0 Å². The minimum atomic E-state index is -3.76. The average molecular weight is 458 g/mol. The molecule has 2 aromatic carbocycles. The van der Waals surface area contributed by atoms with Crippen LogP contribution in [0.25, 0.3) is 0 Å². The van der Waals surface area contributed by atoms with Gasteiger partial charge >= 0.3 is 0 Å². The summed E-state index contributed by atoms with van der Waals surface area (Å²) in [6, 6.07) is 12.6. The first-order chi connectivity index (χ1) is 15.5. The van der Waals surface area contributed by atoms with Crippen molar-refractivity contribution < 1.29 is 17.9 Å². The van der Waals surface area contributed by atoms with Gasteiger partial charge in [-0.1, -0.05) is 30.7 Å². The number of sulfonamides is 1. The zero-order valence-corrected chi connectivity index (χ0v) is 19.4. The van der Waals surface area contributed by atoms with Crippen LogP contribution in [0.1, 0.15) is 43.2 Å². The van der Waals surface area contributed by atoms with Crippen LogP contribution in [0.15, 0.2) is 47.4 Å². The van der Waals surface area contributed by atoms with E-state index in [-0.39, 0.29) is 17.3 Å². The minimum absolute atomic E-state index is 0.0163. The summed E-state index contributed by atoms with van der Waals surface area (Å²) in [5.41, 5.74) is 2.63. The lowest BCUT2D eigenvalue weighted by Crippen LogP contribution is -2.30. The highest BCUT2D eigenvalue weighted by Crippen LogP contribution is 2.33. The third-order valence-corrected chi connectivity index (χ3v) is 7.64. The van der Waals surface area contributed by atoms with Crippen LogP contribution in [0, 0.1) is 0 Å². The van der Waals surface area contributed by atoms with Crippen molar-refractivity contribution in [2.75, 3.05) is 31.6 Å². The molecule has 1 N–H and O–H groups in total. The number of hydrogen-bond donors (Lipinski definition) is 1. The quantitative estimate of drug-likeness (QED) is 0.658. The first-order valence-corrected chi connectivity index (χ1v) is 12.7. The molecule has 0 radical (unpaired) electrons. The van der Waals surface area contributed by atoms with Crippen molar-refractivity contribution in [3.05, 3.63) is 53.6 Å². The van der Waals surface area contributed by atoms with Crippen molar-refractivity contribution in [3.63, 3.8) is 0 Å². The van der Waals surface area contributed by atoms with E-state index in [0.29, 0.717) is 24.4 Å². The number of hydrogen-bond acceptors (Lipinski definition) is 5. The fraction of sp³-hybridized carbons (Fsp3) is 0.458. The van der Waals surface area contributed by atoms with E-state index in [4.69, 9.17) is 4.74 Å². The topological polar surface area (TPSA) is 79.0 Å². The van der Waals surface area contributed by atoms with Gasteiger partial charge in [-0.15, -0.1) is 0 Å². The number of benzene rings is 2. The number of ether oxygens (including phenoxy) is 1. The first-order valence-electron chi connectivity index (χ1n) is 11.2. The molecule has 2 heterocycles. The molecule has 2 saturated heterocycles. The molecule has 2 aliphatic rings. The molecule has 172 valence electrons. The molecule has 0 spiro atoms. The lowest BCUT2D eigenvalue weighted by atomic mass is 10.1. The van der Waals surface area contributed by atoms with Gasteiger partial charge in [0.25, 0.3) is 0 Å². The van der Waals surface area contributed by atoms with Gasteiger partial charge in [0.1, 0.15) is 5.75 Å². The van der Waals surface area contributed by atoms with E-state index < -0.39 is 10.0 Å². The number of likely N-dealkylation sites (tertiary alicyclic amines) is 1. The summed E-state index contributed by atoms with van der Waals surface area (Å²) < 4.78 is 34.3. The second kappa shape index (κ2) is 10.0. The number of amides is 1. The molecular formula is C24H31N3O4S. The molecule has 0 aliphatic carbocycles. The third-order valence-electron chi connectivity index (χ3n) is 6.24. The van der Waals surface area contributed by atoms with E-state index in [0.717, 1.165) is 37.2 Å². The second-order valence-electron chi connectivity index (χ2n) is 8.41. The largest absolute Gasteiger partial charge is 0.495 e. The van der Waals surface area contributed by atoms with E-state index >= 15 is 0 Å². The van der Waals surface area contributed by atoms with Gasteiger partial charge in [-0.25, -0.2) is 13.1 Å². The Bertz CT molecular complexity index is 1060. The number of methoxy groups -OCH3 is 1. The summed E-state index contributed by atoms with van der Waals surface area (Å²) in [6.45, 7) is 3.79. The lowest BCUT2D eigenvalue weighted by molar-refractivity contribution is -0.117. The van der Waals surface area contributed by atoms with Crippen LogP contribution in [0.3, 0.4) is 0 Å². The lowest BCUT2D eigenvalue weighted by Gasteiger charge is -2.27. The van der Waals surface area contributed by atoms with Gasteiger partial charge in [0.2, 0.25) is 15.9 Å². The number of rotatable bonds is 8. The van der Waals surface area contributed by atoms with Crippen LogP contribution >= 0.6 is 0 Å². The average Bonchev–Trinajstić information content (AvgIpc) is 3.24. The molecular weight excluding hydrogens is 426 g/mol. The van der Waals surface area contributed by atoms with Crippen LogP contribution in [0.2, 0.25) is 0 Å². The van der Waals surface area contributed by atoms with E-state index in [2.05, 4.69) is 15.7 Å². The molecule has 2 aliphatic heterocycles. The molecule has 1 amide bonds. The maximum absolute atomic E-state index is 13.1. The highest BCUT2D eigenvalue weighted by Gasteiger charge is 2.26. The van der Waals surface area contributed by atoms with Crippen LogP contribution in [-0.4, -0.2) is 46.0 Å². The fourth-order valence-corrected chi connectivity index (χ4v) is 5.48. The zero-order chi connectivity index (χ0) is 22.6. The Kier molecular flexibility index (Phi) is 7.13. The van der Waals surface area contributed by atoms with Gasteiger partial charge in [-0.05, 0) is 61.7 Å². The summed E-state index contributed by atoms with van der Waals surface area (Å²) in [6.07, 6.45) is 4.93. The van der Waals surface area contributed by atoms with E-state index in [1.54, 1.807) is 11.0 Å². The van der Waals surface area contributed by atoms with Crippen molar-refractivity contribution >= 4 is 21.6 Å². The third kappa shape index (κ3) is 5.14. The van der Waals surface area contributed by atoms with Crippen LogP contribution < -0.4 is 14.4 Å². The predicted octanol–water partition coefficient (Wildman–Crippen LogP) is 3.29. The van der Waals surface area contributed by atoms with E-state index in [1.807, 2.05) is 18.2 Å². The van der Waals surface area contributed by atoms with Crippen LogP contribution in [-0.2, 0) is 27.9 Å². The van der Waals surface area contributed by atoms with Gasteiger partial charge < -0.3 is 9.64 Å². The van der Waals surface area contributed by atoms with Crippen molar-refractivity contribution in [2.24, 2.45) is 0 Å². The molecule has 2 fully saturated rings. The molecule has 8 heteroatoms. The summed E-state index contributed by atoms with van der Waals surface area (Å²) in [5, 5.41) is 0. The van der Waals surface area contributed by atoms with Gasteiger partial charge in [0.15, 0.2) is 0 Å². The summed E-state index contributed by atoms with van der Waals surface area (Å²) >= 11 is 0. The molecule has 0 bridgehead atoms. The summed E-state index contributed by atoms with van der Waals surface area (Å²) in [5.74, 6) is 0.475. The monoisotopic (exact) mass is 457 g/mol. The van der Waals surface area contributed by atoms with Crippen molar-refractivity contribution in [1.29, 1.82) is 0 Å². The van der Waals surface area contributed by atoms with Gasteiger partial charge in [0, 0.05) is 26.1 Å². The van der Waals surface area contributed by atoms with Crippen molar-refractivity contribution in [2.45, 2.75) is 50.1 Å². The Hall–Kier alpha value is -2.42. The second-order valence-corrected chi connectivity index (χ2v) is 10.2. The molecule has 32 heavy (non-hydrogen) atoms. The molecule has 0 saturated carbocycles. The maximum Gasteiger partial charge on any atom is 0.240 e. The summed E-state index contributed by atoms with van der Waals surface area (Å²) in [4.78, 5) is 16.4. The highest BCUT2D eigenvalue weighted by atomic mass is 32.2. The Morgan fingerprint density at radius 3 is 2.41 bits per heavy atom. The molecule has 7 nitrogen and oxygen atoms in total. The zero-order valence-electron chi connectivity index (χ0n) is 18.5. The molecule has 0 unspecified atom stereocenters. The number of anilines is 1. The van der Waals surface area contributed by atoms with Gasteiger partial charge in [0.05, 0.1) is 17.7 Å². The molecule has 0 aromatic heterocycles. The molecule has 0 atom stereocenters. The Labute approximate surface area is 190 Å². The SMILES string of the molecule is COc1ccc(S(=O)(=O)NCc2ccccc2CN2CCCCC2)cc1N1CCCC1=O. The van der Waals surface area contributed by atoms with E-state index in [9.17, 15) is 13.2 Å². The number of carbonyl (C=O) groups excluding carboxylic acids is 1. The standard InChI is InChI=1S/C24H31N3O4S/c1-31-23-12-11-21(16-22(23)27-15-7-10-24(27)28)32(29,30)25-17-19-8-3-4-9-20(19)18-26-13-5-2-6-14-26/h3-4,8-9,11-12,16,25H,2,5-7,10,13-15,17-18H2,1H3. The maximum atomic E-state index is 13.1. The fourth-order valence-electron chi connectivity index (χ4n) is 4.45. The highest BCUT2D eigenvalue weighted by molar-refractivity contribution is 7.89. The Balaban J connectivity index is 1.51. The van der Waals surface area contributed by atoms with Crippen LogP contribution in [0.5, 0.6) is 5.75 Å². The minimum Gasteiger partial charge on any atom is -0.495 e. The normalized spacial score (nSPS) is 17.7. The number of piperidine rings is 1. The number of nitrogens with one attached hydrogen (secondary N) is 1. The number of carbonyl (C=O) groups is 1. The Morgan fingerprint density at radius 2 is 1.72 bits per heavy atom. The van der Waals surface area contributed by atoms with Crippen molar-refractivity contribution in [3.8, 4) is 5.75 Å². The van der Waals surface area contributed by atoms with Crippen LogP contribution in [0.4, 0.5) is 5.69 Å². The summed E-state index contributed by atoms with van der Waals surface area (Å²) in [7, 11) is -2.24. The molecule has 2 aromatic rings.